The molecule has 8 heteroatoms. The summed E-state index contributed by atoms with van der Waals surface area (Å²) < 4.78 is 0. The summed E-state index contributed by atoms with van der Waals surface area (Å²) in [5, 5.41) is 15.9. The second-order valence-electron chi connectivity index (χ2n) is 4.99. The Balaban J connectivity index is 1.82. The number of nitro groups is 1. The molecule has 3 rings (SSSR count). The standard InChI is InChI=1S/C16H12N4O3S/c1-10-2-3-12(8-14(10)20(22)23)13-9-24-16(18-13)19-15(21)11-4-6-17-7-5-11/h2-9H,1H3,(H,18,19,21). The first-order chi connectivity index (χ1) is 11.5. The zero-order chi connectivity index (χ0) is 17.1. The quantitative estimate of drug-likeness (QED) is 0.577. The number of carbonyl (C=O) groups is 1. The van der Waals surface area contributed by atoms with E-state index in [0.29, 0.717) is 27.5 Å². The van der Waals surface area contributed by atoms with Gasteiger partial charge < -0.3 is 0 Å². The molecular formula is C16H12N4O3S. The molecule has 0 bridgehead atoms. The van der Waals surface area contributed by atoms with Gasteiger partial charge in [-0.05, 0) is 19.1 Å². The van der Waals surface area contributed by atoms with E-state index in [2.05, 4.69) is 15.3 Å². The highest BCUT2D eigenvalue weighted by atomic mass is 32.1. The first kappa shape index (κ1) is 15.8. The van der Waals surface area contributed by atoms with Crippen LogP contribution in [0.3, 0.4) is 0 Å². The van der Waals surface area contributed by atoms with Gasteiger partial charge in [0.25, 0.3) is 11.6 Å². The molecule has 3 aromatic rings. The number of thiazole rings is 1. The average molecular weight is 340 g/mol. The van der Waals surface area contributed by atoms with Gasteiger partial charge in [-0.1, -0.05) is 12.1 Å². The summed E-state index contributed by atoms with van der Waals surface area (Å²) in [5.41, 5.74) is 2.32. The number of rotatable bonds is 4. The molecule has 120 valence electrons. The number of nitro benzene ring substituents is 1. The van der Waals surface area contributed by atoms with Gasteiger partial charge in [-0.15, -0.1) is 11.3 Å². The number of benzene rings is 1. The number of anilines is 1. The molecule has 0 saturated heterocycles. The number of carbonyl (C=O) groups excluding carboxylic acids is 1. The fraction of sp³-hybridized carbons (Fsp3) is 0.0625. The van der Waals surface area contributed by atoms with Crippen molar-refractivity contribution in [3.8, 4) is 11.3 Å². The van der Waals surface area contributed by atoms with Crippen molar-refractivity contribution in [3.05, 3.63) is 69.3 Å². The van der Waals surface area contributed by atoms with Crippen LogP contribution >= 0.6 is 11.3 Å². The van der Waals surface area contributed by atoms with E-state index >= 15 is 0 Å². The number of amides is 1. The maximum absolute atomic E-state index is 12.1. The summed E-state index contributed by atoms with van der Waals surface area (Å²) in [7, 11) is 0. The molecule has 0 fully saturated rings. The highest BCUT2D eigenvalue weighted by Crippen LogP contribution is 2.29. The van der Waals surface area contributed by atoms with Crippen LogP contribution in [0.15, 0.2) is 48.1 Å². The predicted octanol–water partition coefficient (Wildman–Crippen LogP) is 3.67. The van der Waals surface area contributed by atoms with Crippen LogP contribution in [0, 0.1) is 17.0 Å². The van der Waals surface area contributed by atoms with Crippen LogP contribution < -0.4 is 5.32 Å². The highest BCUT2D eigenvalue weighted by Gasteiger charge is 2.14. The number of hydrogen-bond donors (Lipinski definition) is 1. The van der Waals surface area contributed by atoms with Gasteiger partial charge in [0.05, 0.1) is 10.6 Å². The molecule has 1 amide bonds. The second-order valence-corrected chi connectivity index (χ2v) is 5.84. The van der Waals surface area contributed by atoms with Crippen LogP contribution in [-0.2, 0) is 0 Å². The van der Waals surface area contributed by atoms with Crippen LogP contribution in [0.5, 0.6) is 0 Å². The SMILES string of the molecule is Cc1ccc(-c2csc(NC(=O)c3ccncc3)n2)cc1[N+](=O)[O-]. The van der Waals surface area contributed by atoms with E-state index in [-0.39, 0.29) is 11.6 Å². The molecule has 0 radical (unpaired) electrons. The van der Waals surface area contributed by atoms with Crippen molar-refractivity contribution in [2.45, 2.75) is 6.92 Å². The minimum atomic E-state index is -0.419. The van der Waals surface area contributed by atoms with Crippen molar-refractivity contribution in [2.75, 3.05) is 5.32 Å². The minimum absolute atomic E-state index is 0.0443. The molecule has 0 aliphatic rings. The summed E-state index contributed by atoms with van der Waals surface area (Å²) in [6, 6.07) is 8.15. The minimum Gasteiger partial charge on any atom is -0.298 e. The van der Waals surface area contributed by atoms with Gasteiger partial charge in [-0.2, -0.15) is 0 Å². The van der Waals surface area contributed by atoms with Crippen molar-refractivity contribution in [1.29, 1.82) is 0 Å². The van der Waals surface area contributed by atoms with Gasteiger partial charge in [0, 0.05) is 40.5 Å². The highest BCUT2D eigenvalue weighted by molar-refractivity contribution is 7.14. The summed E-state index contributed by atoms with van der Waals surface area (Å²) in [6.45, 7) is 1.68. The van der Waals surface area contributed by atoms with Crippen molar-refractivity contribution in [2.24, 2.45) is 0 Å². The van der Waals surface area contributed by atoms with E-state index in [1.165, 1.54) is 29.8 Å². The van der Waals surface area contributed by atoms with E-state index in [1.807, 2.05) is 0 Å². The molecule has 2 aromatic heterocycles. The van der Waals surface area contributed by atoms with E-state index < -0.39 is 4.92 Å². The lowest BCUT2D eigenvalue weighted by atomic mass is 10.1. The number of aromatic nitrogens is 2. The van der Waals surface area contributed by atoms with Gasteiger partial charge in [0.2, 0.25) is 0 Å². The predicted molar refractivity (Wildman–Crippen MR) is 91.1 cm³/mol. The Bertz CT molecular complexity index is 909. The molecule has 7 nitrogen and oxygen atoms in total. The maximum Gasteiger partial charge on any atom is 0.272 e. The van der Waals surface area contributed by atoms with Gasteiger partial charge in [-0.25, -0.2) is 4.98 Å². The van der Waals surface area contributed by atoms with Crippen molar-refractivity contribution in [3.63, 3.8) is 0 Å². The lowest BCUT2D eigenvalue weighted by Gasteiger charge is -2.01. The Labute approximate surface area is 141 Å². The molecule has 0 atom stereocenters. The van der Waals surface area contributed by atoms with Crippen LogP contribution in [0.1, 0.15) is 15.9 Å². The number of pyridine rings is 1. The van der Waals surface area contributed by atoms with Crippen LogP contribution in [0.25, 0.3) is 11.3 Å². The van der Waals surface area contributed by atoms with Gasteiger partial charge in [0.1, 0.15) is 0 Å². The topological polar surface area (TPSA) is 98.0 Å². The Morgan fingerprint density at radius 2 is 2.00 bits per heavy atom. The monoisotopic (exact) mass is 340 g/mol. The lowest BCUT2D eigenvalue weighted by Crippen LogP contribution is -2.11. The Morgan fingerprint density at radius 1 is 1.25 bits per heavy atom. The van der Waals surface area contributed by atoms with Crippen LogP contribution in [-0.4, -0.2) is 20.8 Å². The third-order valence-electron chi connectivity index (χ3n) is 3.37. The molecule has 0 unspecified atom stereocenters. The van der Waals surface area contributed by atoms with Gasteiger partial charge >= 0.3 is 0 Å². The molecule has 0 aliphatic carbocycles. The van der Waals surface area contributed by atoms with E-state index in [0.717, 1.165) is 0 Å². The fourth-order valence-electron chi connectivity index (χ4n) is 2.10. The molecular weight excluding hydrogens is 328 g/mol. The molecule has 0 aliphatic heterocycles. The molecule has 1 aromatic carbocycles. The summed E-state index contributed by atoms with van der Waals surface area (Å²) >= 11 is 1.26. The fourth-order valence-corrected chi connectivity index (χ4v) is 2.82. The summed E-state index contributed by atoms with van der Waals surface area (Å²) in [6.07, 6.45) is 3.07. The number of aryl methyl sites for hydroxylation is 1. The van der Waals surface area contributed by atoms with Crippen LogP contribution in [0.4, 0.5) is 10.8 Å². The van der Waals surface area contributed by atoms with Crippen molar-refractivity contribution < 1.29 is 9.72 Å². The largest absolute Gasteiger partial charge is 0.298 e. The zero-order valence-electron chi connectivity index (χ0n) is 12.6. The molecule has 24 heavy (non-hydrogen) atoms. The molecule has 0 saturated carbocycles. The van der Waals surface area contributed by atoms with Crippen LogP contribution in [0.2, 0.25) is 0 Å². The maximum atomic E-state index is 12.1. The number of nitrogens with one attached hydrogen (secondary N) is 1. The first-order valence-electron chi connectivity index (χ1n) is 6.97. The summed E-state index contributed by atoms with van der Waals surface area (Å²) in [4.78, 5) is 30.9. The van der Waals surface area contributed by atoms with Gasteiger partial charge in [0.15, 0.2) is 5.13 Å². The van der Waals surface area contributed by atoms with E-state index in [4.69, 9.17) is 0 Å². The van der Waals surface area contributed by atoms with Gasteiger partial charge in [-0.3, -0.25) is 25.2 Å². The average Bonchev–Trinajstić information content (AvgIpc) is 3.04. The molecule has 0 spiro atoms. The normalized spacial score (nSPS) is 10.4. The Morgan fingerprint density at radius 3 is 2.71 bits per heavy atom. The Hall–Kier alpha value is -3.13. The molecule has 2 heterocycles. The molecule has 1 N–H and O–H groups in total. The number of hydrogen-bond acceptors (Lipinski definition) is 6. The third-order valence-corrected chi connectivity index (χ3v) is 4.13. The Kier molecular flexibility index (Phi) is 4.30. The van der Waals surface area contributed by atoms with E-state index in [9.17, 15) is 14.9 Å². The second kappa shape index (κ2) is 6.55. The zero-order valence-corrected chi connectivity index (χ0v) is 13.4. The third kappa shape index (κ3) is 3.28. The van der Waals surface area contributed by atoms with Crippen molar-refractivity contribution >= 4 is 28.1 Å². The lowest BCUT2D eigenvalue weighted by molar-refractivity contribution is -0.385. The first-order valence-corrected chi connectivity index (χ1v) is 7.85. The summed E-state index contributed by atoms with van der Waals surface area (Å²) in [5.74, 6) is -0.284. The van der Waals surface area contributed by atoms with Crippen molar-refractivity contribution in [1.82, 2.24) is 9.97 Å². The smallest absolute Gasteiger partial charge is 0.272 e. The number of nitrogens with zero attached hydrogens (tertiary/aromatic N) is 3. The van der Waals surface area contributed by atoms with E-state index in [1.54, 1.807) is 36.6 Å².